The lowest BCUT2D eigenvalue weighted by Crippen LogP contribution is -2.12. The molecule has 4 nitrogen and oxygen atoms in total. The third-order valence-electron chi connectivity index (χ3n) is 2.78. The minimum absolute atomic E-state index is 0.0153. The predicted molar refractivity (Wildman–Crippen MR) is 78.4 cm³/mol. The van der Waals surface area contributed by atoms with Crippen molar-refractivity contribution in [2.45, 2.75) is 0 Å². The summed E-state index contributed by atoms with van der Waals surface area (Å²) in [4.78, 5) is 16.3. The lowest BCUT2D eigenvalue weighted by Gasteiger charge is -2.02. The topological polar surface area (TPSA) is 68.0 Å². The van der Waals surface area contributed by atoms with Gasteiger partial charge in [-0.1, -0.05) is 23.5 Å². The van der Waals surface area contributed by atoms with Crippen LogP contribution in [0.25, 0.3) is 10.2 Å². The van der Waals surface area contributed by atoms with Crippen molar-refractivity contribution in [1.82, 2.24) is 4.98 Å². The molecule has 1 amide bonds. The molecule has 20 heavy (non-hydrogen) atoms. The van der Waals surface area contributed by atoms with Crippen molar-refractivity contribution >= 4 is 38.3 Å². The molecule has 0 radical (unpaired) electrons. The van der Waals surface area contributed by atoms with Crippen LogP contribution in [-0.2, 0) is 0 Å². The van der Waals surface area contributed by atoms with Gasteiger partial charge in [0.1, 0.15) is 5.82 Å². The van der Waals surface area contributed by atoms with E-state index in [-0.39, 0.29) is 11.3 Å². The first-order chi connectivity index (χ1) is 9.63. The van der Waals surface area contributed by atoms with E-state index >= 15 is 0 Å². The zero-order valence-corrected chi connectivity index (χ0v) is 11.1. The van der Waals surface area contributed by atoms with Crippen LogP contribution in [-0.4, -0.2) is 10.9 Å². The Hall–Kier alpha value is -2.47. The summed E-state index contributed by atoms with van der Waals surface area (Å²) in [6.07, 6.45) is 0. The fraction of sp³-hybridized carbons (Fsp3) is 0. The van der Waals surface area contributed by atoms with Crippen molar-refractivity contribution in [2.75, 3.05) is 11.1 Å². The smallest absolute Gasteiger partial charge is 0.257 e. The van der Waals surface area contributed by atoms with Gasteiger partial charge in [0.2, 0.25) is 0 Å². The molecule has 2 aromatic carbocycles. The molecular formula is C14H10FN3OS. The summed E-state index contributed by atoms with van der Waals surface area (Å²) in [7, 11) is 0. The normalized spacial score (nSPS) is 10.7. The molecule has 3 N–H and O–H groups in total. The number of aromatic nitrogens is 1. The number of fused-ring (bicyclic) bond motifs is 1. The van der Waals surface area contributed by atoms with Gasteiger partial charge in [-0.2, -0.15) is 0 Å². The molecule has 0 saturated heterocycles. The van der Waals surface area contributed by atoms with E-state index in [1.165, 1.54) is 23.5 Å². The monoisotopic (exact) mass is 287 g/mol. The number of amides is 1. The second-order valence-electron chi connectivity index (χ2n) is 4.18. The number of anilines is 2. The zero-order valence-electron chi connectivity index (χ0n) is 10.3. The lowest BCUT2D eigenvalue weighted by atomic mass is 10.2. The van der Waals surface area contributed by atoms with Gasteiger partial charge < -0.3 is 5.73 Å². The molecule has 0 fully saturated rings. The van der Waals surface area contributed by atoms with Crippen LogP contribution >= 0.6 is 11.3 Å². The molecule has 6 heteroatoms. The van der Waals surface area contributed by atoms with Gasteiger partial charge in [-0.15, -0.1) is 0 Å². The van der Waals surface area contributed by atoms with Crippen LogP contribution in [0.1, 0.15) is 10.4 Å². The quantitative estimate of drug-likeness (QED) is 0.711. The summed E-state index contributed by atoms with van der Waals surface area (Å²) >= 11 is 1.37. The minimum atomic E-state index is -0.609. The highest BCUT2D eigenvalue weighted by Gasteiger charge is 2.11. The second kappa shape index (κ2) is 4.90. The van der Waals surface area contributed by atoms with Crippen molar-refractivity contribution < 1.29 is 9.18 Å². The molecule has 0 spiro atoms. The Balaban J connectivity index is 1.86. The van der Waals surface area contributed by atoms with Crippen molar-refractivity contribution in [3.63, 3.8) is 0 Å². The van der Waals surface area contributed by atoms with Crippen molar-refractivity contribution in [2.24, 2.45) is 0 Å². The number of carbonyl (C=O) groups is 1. The summed E-state index contributed by atoms with van der Waals surface area (Å²) in [6.45, 7) is 0. The number of rotatable bonds is 2. The number of halogens is 1. The lowest BCUT2D eigenvalue weighted by molar-refractivity contribution is 0.102. The standard InChI is InChI=1S/C14H10FN3OS/c15-9-7-8(5-6-10(9)16)13(19)18-14-17-11-3-1-2-4-12(11)20-14/h1-7H,16H2,(H,17,18,19). The maximum atomic E-state index is 13.3. The Labute approximate surface area is 118 Å². The van der Waals surface area contributed by atoms with Crippen LogP contribution in [0.2, 0.25) is 0 Å². The first-order valence-corrected chi connectivity index (χ1v) is 6.67. The van der Waals surface area contributed by atoms with Gasteiger partial charge in [-0.25, -0.2) is 9.37 Å². The molecule has 0 aliphatic heterocycles. The van der Waals surface area contributed by atoms with Gasteiger partial charge in [0.15, 0.2) is 5.13 Å². The zero-order chi connectivity index (χ0) is 14.1. The molecule has 1 heterocycles. The van der Waals surface area contributed by atoms with E-state index < -0.39 is 11.7 Å². The number of benzene rings is 2. The number of nitrogen functional groups attached to an aromatic ring is 1. The second-order valence-corrected chi connectivity index (χ2v) is 5.21. The third kappa shape index (κ3) is 2.33. The van der Waals surface area contributed by atoms with Gasteiger partial charge in [-0.05, 0) is 30.3 Å². The Morgan fingerprint density at radius 1 is 1.25 bits per heavy atom. The average Bonchev–Trinajstić information content (AvgIpc) is 2.83. The summed E-state index contributed by atoms with van der Waals surface area (Å²) in [5.41, 5.74) is 6.41. The molecule has 0 unspecified atom stereocenters. The van der Waals surface area contributed by atoms with Crippen molar-refractivity contribution in [3.05, 3.63) is 53.8 Å². The van der Waals surface area contributed by atoms with Crippen LogP contribution < -0.4 is 11.1 Å². The van der Waals surface area contributed by atoms with Crippen LogP contribution in [0.3, 0.4) is 0 Å². The minimum Gasteiger partial charge on any atom is -0.396 e. The van der Waals surface area contributed by atoms with Crippen LogP contribution in [0.5, 0.6) is 0 Å². The van der Waals surface area contributed by atoms with E-state index in [0.29, 0.717) is 5.13 Å². The number of nitrogens with one attached hydrogen (secondary N) is 1. The first kappa shape index (κ1) is 12.6. The SMILES string of the molecule is Nc1ccc(C(=O)Nc2nc3ccccc3s2)cc1F. The van der Waals surface area contributed by atoms with E-state index in [9.17, 15) is 9.18 Å². The average molecular weight is 287 g/mol. The molecule has 0 atom stereocenters. The molecule has 100 valence electrons. The number of carbonyl (C=O) groups excluding carboxylic acids is 1. The van der Waals surface area contributed by atoms with Gasteiger partial charge in [0.25, 0.3) is 5.91 Å². The Bertz CT molecular complexity index is 767. The fourth-order valence-corrected chi connectivity index (χ4v) is 2.62. The summed E-state index contributed by atoms with van der Waals surface area (Å²) in [5, 5.41) is 3.14. The van der Waals surface area contributed by atoms with E-state index in [2.05, 4.69) is 10.3 Å². The van der Waals surface area contributed by atoms with Crippen molar-refractivity contribution in [3.8, 4) is 0 Å². The molecule has 0 bridgehead atoms. The Morgan fingerprint density at radius 2 is 2.05 bits per heavy atom. The third-order valence-corrected chi connectivity index (χ3v) is 3.73. The van der Waals surface area contributed by atoms with Crippen LogP contribution in [0.4, 0.5) is 15.2 Å². The predicted octanol–water partition coefficient (Wildman–Crippen LogP) is 3.27. The van der Waals surface area contributed by atoms with Crippen LogP contribution in [0, 0.1) is 5.82 Å². The molecule has 3 aromatic rings. The van der Waals surface area contributed by atoms with Crippen molar-refractivity contribution in [1.29, 1.82) is 0 Å². The largest absolute Gasteiger partial charge is 0.396 e. The van der Waals surface area contributed by atoms with Gasteiger partial charge >= 0.3 is 0 Å². The molecule has 0 aliphatic rings. The molecule has 0 saturated carbocycles. The summed E-state index contributed by atoms with van der Waals surface area (Å²) in [5.74, 6) is -1.02. The number of hydrogen-bond donors (Lipinski definition) is 2. The maximum Gasteiger partial charge on any atom is 0.257 e. The fourth-order valence-electron chi connectivity index (χ4n) is 1.76. The Kier molecular flexibility index (Phi) is 3.08. The highest BCUT2D eigenvalue weighted by atomic mass is 32.1. The highest BCUT2D eigenvalue weighted by molar-refractivity contribution is 7.22. The summed E-state index contributed by atoms with van der Waals surface area (Å²) < 4.78 is 14.3. The Morgan fingerprint density at radius 3 is 2.80 bits per heavy atom. The molecular weight excluding hydrogens is 277 g/mol. The van der Waals surface area contributed by atoms with E-state index in [0.717, 1.165) is 16.3 Å². The number of nitrogens with zero attached hydrogens (tertiary/aromatic N) is 1. The van der Waals surface area contributed by atoms with Crippen LogP contribution in [0.15, 0.2) is 42.5 Å². The summed E-state index contributed by atoms with van der Waals surface area (Å²) in [6, 6.07) is 11.5. The molecule has 1 aromatic heterocycles. The maximum absolute atomic E-state index is 13.3. The number of nitrogens with two attached hydrogens (primary N) is 1. The van der Waals surface area contributed by atoms with E-state index in [4.69, 9.17) is 5.73 Å². The molecule has 0 aliphatic carbocycles. The molecule has 3 rings (SSSR count). The first-order valence-electron chi connectivity index (χ1n) is 5.85. The van der Waals surface area contributed by atoms with Gasteiger partial charge in [-0.3, -0.25) is 10.1 Å². The van der Waals surface area contributed by atoms with E-state index in [1.807, 2.05) is 24.3 Å². The van der Waals surface area contributed by atoms with Gasteiger partial charge in [0.05, 0.1) is 15.9 Å². The number of para-hydroxylation sites is 1. The van der Waals surface area contributed by atoms with E-state index in [1.54, 1.807) is 0 Å². The number of hydrogen-bond acceptors (Lipinski definition) is 4. The highest BCUT2D eigenvalue weighted by Crippen LogP contribution is 2.25. The number of thiazole rings is 1. The van der Waals surface area contributed by atoms with Gasteiger partial charge in [0, 0.05) is 5.56 Å².